The molecule has 1 heterocycles. The van der Waals surface area contributed by atoms with Crippen LogP contribution in [0.2, 0.25) is 0 Å². The summed E-state index contributed by atoms with van der Waals surface area (Å²) in [5.41, 5.74) is 2.97. The fourth-order valence-electron chi connectivity index (χ4n) is 2.31. The van der Waals surface area contributed by atoms with E-state index in [9.17, 15) is 4.79 Å². The van der Waals surface area contributed by atoms with Gasteiger partial charge in [0.25, 0.3) is 5.56 Å². The number of nitriles is 1. The molecule has 24 heavy (non-hydrogen) atoms. The van der Waals surface area contributed by atoms with Crippen LogP contribution in [-0.2, 0) is 6.42 Å². The summed E-state index contributed by atoms with van der Waals surface area (Å²) < 4.78 is 0. The van der Waals surface area contributed by atoms with Gasteiger partial charge in [-0.15, -0.1) is 0 Å². The van der Waals surface area contributed by atoms with Crippen molar-refractivity contribution in [2.45, 2.75) is 23.4 Å². The Hall–Kier alpha value is -2.84. The molecule has 2 aromatic carbocycles. The van der Waals surface area contributed by atoms with E-state index in [2.05, 4.69) is 16.0 Å². The highest BCUT2D eigenvalue weighted by atomic mass is 32.2. The molecule has 0 saturated heterocycles. The second-order valence-electron chi connectivity index (χ2n) is 5.35. The van der Waals surface area contributed by atoms with Crippen molar-refractivity contribution in [3.05, 3.63) is 87.3 Å². The molecule has 0 atom stereocenters. The first-order valence-electron chi connectivity index (χ1n) is 7.47. The highest BCUT2D eigenvalue weighted by molar-refractivity contribution is 7.99. The lowest BCUT2D eigenvalue weighted by Gasteiger charge is -2.08. The Morgan fingerprint density at radius 3 is 2.71 bits per heavy atom. The lowest BCUT2D eigenvalue weighted by molar-refractivity contribution is 0.858. The second-order valence-corrected chi connectivity index (χ2v) is 6.41. The van der Waals surface area contributed by atoms with Crippen LogP contribution in [0.4, 0.5) is 0 Å². The van der Waals surface area contributed by atoms with Gasteiger partial charge < -0.3 is 4.98 Å². The lowest BCUT2D eigenvalue weighted by atomic mass is 10.1. The fourth-order valence-corrected chi connectivity index (χ4v) is 3.16. The van der Waals surface area contributed by atoms with Crippen LogP contribution < -0.4 is 5.56 Å². The number of hydrogen-bond acceptors (Lipinski definition) is 4. The van der Waals surface area contributed by atoms with E-state index >= 15 is 0 Å². The average Bonchev–Trinajstić information content (AvgIpc) is 2.60. The fraction of sp³-hybridized carbons (Fsp3) is 0.105. The summed E-state index contributed by atoms with van der Waals surface area (Å²) >= 11 is 1.35. The number of benzene rings is 2. The molecule has 0 spiro atoms. The average molecular weight is 333 g/mol. The minimum absolute atomic E-state index is 0.130. The summed E-state index contributed by atoms with van der Waals surface area (Å²) in [5, 5.41) is 9.52. The molecule has 0 fully saturated rings. The topological polar surface area (TPSA) is 69.5 Å². The van der Waals surface area contributed by atoms with E-state index in [1.165, 1.54) is 11.8 Å². The number of H-pyrrole nitrogens is 1. The van der Waals surface area contributed by atoms with Gasteiger partial charge in [-0.25, -0.2) is 4.98 Å². The normalized spacial score (nSPS) is 10.3. The van der Waals surface area contributed by atoms with Crippen LogP contribution >= 0.6 is 11.8 Å². The summed E-state index contributed by atoms with van der Waals surface area (Å²) in [7, 11) is 0. The van der Waals surface area contributed by atoms with Gasteiger partial charge >= 0.3 is 0 Å². The Labute approximate surface area is 144 Å². The third-order valence-corrected chi connectivity index (χ3v) is 4.50. The van der Waals surface area contributed by atoms with Gasteiger partial charge in [0.15, 0.2) is 5.16 Å². The van der Waals surface area contributed by atoms with Crippen LogP contribution in [0.15, 0.2) is 69.4 Å². The Bertz CT molecular complexity index is 958. The van der Waals surface area contributed by atoms with Crippen molar-refractivity contribution in [3.8, 4) is 6.07 Å². The molecule has 5 heteroatoms. The first-order valence-corrected chi connectivity index (χ1v) is 8.29. The van der Waals surface area contributed by atoms with Crippen LogP contribution in [0.25, 0.3) is 0 Å². The van der Waals surface area contributed by atoms with E-state index in [-0.39, 0.29) is 5.56 Å². The third-order valence-electron chi connectivity index (χ3n) is 3.62. The van der Waals surface area contributed by atoms with E-state index in [0.29, 0.717) is 22.7 Å². The molecule has 3 aromatic rings. The Morgan fingerprint density at radius 1 is 1.17 bits per heavy atom. The van der Waals surface area contributed by atoms with Crippen molar-refractivity contribution in [1.82, 2.24) is 9.97 Å². The van der Waals surface area contributed by atoms with Crippen LogP contribution in [-0.4, -0.2) is 9.97 Å². The van der Waals surface area contributed by atoms with Crippen LogP contribution in [0, 0.1) is 18.3 Å². The predicted octanol–water partition coefficient (Wildman–Crippen LogP) is 3.69. The molecule has 3 rings (SSSR count). The molecule has 0 unspecified atom stereocenters. The molecule has 1 N–H and O–H groups in total. The molecular formula is C19H15N3OS. The molecule has 0 aliphatic heterocycles. The molecular weight excluding hydrogens is 318 g/mol. The van der Waals surface area contributed by atoms with Crippen molar-refractivity contribution in [2.24, 2.45) is 0 Å². The smallest absolute Gasteiger partial charge is 0.254 e. The predicted molar refractivity (Wildman–Crippen MR) is 94.1 cm³/mol. The molecule has 118 valence electrons. The Balaban J connectivity index is 1.92. The Kier molecular flexibility index (Phi) is 4.78. The number of nitrogens with zero attached hydrogens (tertiary/aromatic N) is 2. The van der Waals surface area contributed by atoms with Gasteiger partial charge in [-0.2, -0.15) is 5.26 Å². The molecule has 0 aliphatic rings. The number of aromatic amines is 1. The zero-order chi connectivity index (χ0) is 16.9. The van der Waals surface area contributed by atoms with E-state index < -0.39 is 0 Å². The summed E-state index contributed by atoms with van der Waals surface area (Å²) in [6.45, 7) is 1.79. The van der Waals surface area contributed by atoms with Crippen LogP contribution in [0.1, 0.15) is 22.4 Å². The maximum absolute atomic E-state index is 12.2. The molecule has 4 nitrogen and oxygen atoms in total. The molecule has 0 aliphatic carbocycles. The maximum atomic E-state index is 12.2. The molecule has 0 saturated carbocycles. The van der Waals surface area contributed by atoms with E-state index in [4.69, 9.17) is 5.26 Å². The van der Waals surface area contributed by atoms with Gasteiger partial charge in [0, 0.05) is 16.9 Å². The summed E-state index contributed by atoms with van der Waals surface area (Å²) in [4.78, 5) is 20.5. The first-order chi connectivity index (χ1) is 11.7. The minimum Gasteiger partial charge on any atom is -0.301 e. The monoisotopic (exact) mass is 333 g/mol. The highest BCUT2D eigenvalue weighted by Gasteiger charge is 2.10. The maximum Gasteiger partial charge on any atom is 0.254 e. The van der Waals surface area contributed by atoms with Crippen molar-refractivity contribution in [1.29, 1.82) is 5.26 Å². The lowest BCUT2D eigenvalue weighted by Crippen LogP contribution is -2.16. The van der Waals surface area contributed by atoms with Gasteiger partial charge in [0.05, 0.1) is 17.3 Å². The quantitative estimate of drug-likeness (QED) is 0.739. The SMILES string of the molecule is Cc1c(Cc2ccccc2)nc(Sc2cccc(C#N)c2)[nH]c1=O. The molecule has 0 amide bonds. The van der Waals surface area contributed by atoms with Gasteiger partial charge in [0.1, 0.15) is 0 Å². The van der Waals surface area contributed by atoms with Gasteiger partial charge in [0.2, 0.25) is 0 Å². The number of hydrogen-bond donors (Lipinski definition) is 1. The largest absolute Gasteiger partial charge is 0.301 e. The van der Waals surface area contributed by atoms with Crippen LogP contribution in [0.3, 0.4) is 0 Å². The van der Waals surface area contributed by atoms with Crippen molar-refractivity contribution in [2.75, 3.05) is 0 Å². The van der Waals surface area contributed by atoms with E-state index in [1.54, 1.807) is 19.1 Å². The zero-order valence-corrected chi connectivity index (χ0v) is 13.9. The minimum atomic E-state index is -0.130. The van der Waals surface area contributed by atoms with E-state index in [0.717, 1.165) is 16.2 Å². The summed E-state index contributed by atoms with van der Waals surface area (Å²) in [5.74, 6) is 0. The number of rotatable bonds is 4. The molecule has 0 bridgehead atoms. The van der Waals surface area contributed by atoms with Gasteiger partial charge in [-0.3, -0.25) is 4.79 Å². The van der Waals surface area contributed by atoms with E-state index in [1.807, 2.05) is 42.5 Å². The number of aromatic nitrogens is 2. The highest BCUT2D eigenvalue weighted by Crippen LogP contribution is 2.25. The third kappa shape index (κ3) is 3.73. The standard InChI is InChI=1S/C19H15N3OS/c1-13-17(11-14-6-3-2-4-7-14)21-19(22-18(13)23)24-16-9-5-8-15(10-16)12-20/h2-10H,11H2,1H3,(H,21,22,23). The second kappa shape index (κ2) is 7.16. The summed E-state index contributed by atoms with van der Waals surface area (Å²) in [6.07, 6.45) is 0.613. The Morgan fingerprint density at radius 2 is 1.96 bits per heavy atom. The molecule has 1 aromatic heterocycles. The van der Waals surface area contributed by atoms with Crippen molar-refractivity contribution < 1.29 is 0 Å². The first kappa shape index (κ1) is 16.0. The van der Waals surface area contributed by atoms with Crippen LogP contribution in [0.5, 0.6) is 0 Å². The van der Waals surface area contributed by atoms with Crippen molar-refractivity contribution >= 4 is 11.8 Å². The summed E-state index contributed by atoms with van der Waals surface area (Å²) in [6, 6.07) is 19.3. The number of nitrogens with one attached hydrogen (secondary N) is 1. The molecule has 0 radical (unpaired) electrons. The van der Waals surface area contributed by atoms with Gasteiger partial charge in [-0.1, -0.05) is 48.2 Å². The van der Waals surface area contributed by atoms with Gasteiger partial charge in [-0.05, 0) is 30.7 Å². The van der Waals surface area contributed by atoms with Crippen molar-refractivity contribution in [3.63, 3.8) is 0 Å². The zero-order valence-electron chi connectivity index (χ0n) is 13.1.